The number of nitrogen functional groups attached to an aromatic ring is 1. The van der Waals surface area contributed by atoms with Crippen LogP contribution in [0.3, 0.4) is 0 Å². The van der Waals surface area contributed by atoms with E-state index in [1.807, 2.05) is 0 Å². The fourth-order valence-electron chi connectivity index (χ4n) is 2.21. The van der Waals surface area contributed by atoms with E-state index in [4.69, 9.17) is 28.9 Å². The largest absolute Gasteiger partial charge is 0.416 e. The van der Waals surface area contributed by atoms with E-state index < -0.39 is 27.8 Å². The van der Waals surface area contributed by atoms with Crippen LogP contribution in [0.4, 0.5) is 24.7 Å². The zero-order valence-corrected chi connectivity index (χ0v) is 14.8. The Morgan fingerprint density at radius 2 is 1.68 bits per heavy atom. The molecule has 2 aromatic rings. The van der Waals surface area contributed by atoms with Crippen LogP contribution >= 0.6 is 23.2 Å². The monoisotopic (exact) mass is 396 g/mol. The molecule has 0 atom stereocenters. The second-order valence-electron chi connectivity index (χ2n) is 6.29. The summed E-state index contributed by atoms with van der Waals surface area (Å²) in [6.07, 6.45) is -4.65. The van der Waals surface area contributed by atoms with E-state index in [0.29, 0.717) is 12.1 Å². The second kappa shape index (κ2) is 6.06. The number of hydrogen-bond donors (Lipinski definition) is 1. The summed E-state index contributed by atoms with van der Waals surface area (Å²) in [4.78, 5) is 10.6. The van der Waals surface area contributed by atoms with Crippen LogP contribution < -0.4 is 5.73 Å². The third-order valence-electron chi connectivity index (χ3n) is 3.34. The molecule has 136 valence electrons. The van der Waals surface area contributed by atoms with Crippen molar-refractivity contribution in [3.8, 4) is 5.69 Å². The minimum Gasteiger partial charge on any atom is -0.378 e. The molecule has 1 aromatic carbocycles. The Kier molecular flexibility index (Phi) is 4.69. The van der Waals surface area contributed by atoms with Gasteiger partial charge in [-0.2, -0.15) is 18.3 Å². The molecule has 0 radical (unpaired) electrons. The van der Waals surface area contributed by atoms with Crippen LogP contribution in [0.1, 0.15) is 32.0 Å². The average molecular weight is 397 g/mol. The van der Waals surface area contributed by atoms with Gasteiger partial charge in [-0.3, -0.25) is 10.1 Å². The quantitative estimate of drug-likeness (QED) is 0.572. The number of aromatic nitrogens is 2. The van der Waals surface area contributed by atoms with Crippen molar-refractivity contribution < 1.29 is 18.1 Å². The van der Waals surface area contributed by atoms with Crippen LogP contribution in [-0.4, -0.2) is 14.7 Å². The van der Waals surface area contributed by atoms with Crippen molar-refractivity contribution >= 4 is 34.7 Å². The molecule has 1 aromatic heterocycles. The molecule has 0 saturated carbocycles. The van der Waals surface area contributed by atoms with Crippen LogP contribution in [0.5, 0.6) is 0 Å². The Labute approximate surface area is 150 Å². The van der Waals surface area contributed by atoms with E-state index in [9.17, 15) is 23.3 Å². The molecule has 0 aliphatic carbocycles. The molecule has 0 bridgehead atoms. The predicted molar refractivity (Wildman–Crippen MR) is 88.4 cm³/mol. The Morgan fingerprint density at radius 1 is 1.20 bits per heavy atom. The van der Waals surface area contributed by atoms with Crippen molar-refractivity contribution in [2.45, 2.75) is 32.4 Å². The number of nitrogens with two attached hydrogens (primary N) is 1. The van der Waals surface area contributed by atoms with Crippen molar-refractivity contribution in [1.29, 1.82) is 0 Å². The highest BCUT2D eigenvalue weighted by atomic mass is 35.5. The minimum atomic E-state index is -4.65. The molecule has 0 aliphatic rings. The SMILES string of the molecule is CC(C)(C)c1nn(-c2c(Cl)cc(C(F)(F)F)cc2Cl)c(N)c1[N+](=O)[O-]. The number of nitro groups is 1. The first kappa shape index (κ1) is 19.3. The summed E-state index contributed by atoms with van der Waals surface area (Å²) in [5, 5.41) is 14.7. The van der Waals surface area contributed by atoms with Gasteiger partial charge < -0.3 is 5.73 Å². The predicted octanol–water partition coefficient (Wildman–Crippen LogP) is 4.99. The standard InChI is InChI=1S/C14H13Cl2F3N4O2/c1-13(2,3)11-10(23(24)25)12(20)22(21-11)9-7(15)4-6(5-8(9)16)14(17,18)19/h4-5H,20H2,1-3H3. The maximum atomic E-state index is 12.8. The van der Waals surface area contributed by atoms with Gasteiger partial charge in [0, 0.05) is 5.41 Å². The molecule has 0 amide bonds. The molecule has 2 rings (SSSR count). The Balaban J connectivity index is 2.78. The van der Waals surface area contributed by atoms with Crippen molar-refractivity contribution in [3.63, 3.8) is 0 Å². The summed E-state index contributed by atoms with van der Waals surface area (Å²) in [6, 6.07) is 1.32. The molecule has 1 heterocycles. The van der Waals surface area contributed by atoms with Crippen LogP contribution in [0, 0.1) is 10.1 Å². The number of alkyl halides is 3. The number of benzene rings is 1. The number of nitrogens with zero attached hydrogens (tertiary/aromatic N) is 3. The molecule has 25 heavy (non-hydrogen) atoms. The van der Waals surface area contributed by atoms with Gasteiger partial charge >= 0.3 is 11.9 Å². The Hall–Kier alpha value is -2.00. The summed E-state index contributed by atoms with van der Waals surface area (Å²) >= 11 is 11.9. The molecule has 0 aliphatic heterocycles. The molecule has 0 spiro atoms. The summed E-state index contributed by atoms with van der Waals surface area (Å²) in [6.45, 7) is 5.05. The van der Waals surface area contributed by atoms with Crippen molar-refractivity contribution in [2.24, 2.45) is 0 Å². The van der Waals surface area contributed by atoms with E-state index in [0.717, 1.165) is 4.68 Å². The lowest BCUT2D eigenvalue weighted by Gasteiger charge is -2.14. The lowest BCUT2D eigenvalue weighted by molar-refractivity contribution is -0.385. The molecule has 6 nitrogen and oxygen atoms in total. The maximum absolute atomic E-state index is 12.8. The molecule has 0 saturated heterocycles. The van der Waals surface area contributed by atoms with E-state index >= 15 is 0 Å². The van der Waals surface area contributed by atoms with E-state index in [-0.39, 0.29) is 27.2 Å². The van der Waals surface area contributed by atoms with Crippen LogP contribution in [0.15, 0.2) is 12.1 Å². The zero-order valence-electron chi connectivity index (χ0n) is 13.3. The first-order valence-electron chi connectivity index (χ1n) is 6.85. The zero-order chi connectivity index (χ0) is 19.3. The molecular weight excluding hydrogens is 384 g/mol. The summed E-state index contributed by atoms with van der Waals surface area (Å²) in [7, 11) is 0. The van der Waals surface area contributed by atoms with Gasteiger partial charge in [0.25, 0.3) is 0 Å². The third kappa shape index (κ3) is 3.52. The molecular formula is C14H13Cl2F3N4O2. The summed E-state index contributed by atoms with van der Waals surface area (Å²) in [5.41, 5.74) is 3.47. The molecule has 11 heteroatoms. The van der Waals surface area contributed by atoms with Crippen molar-refractivity contribution in [3.05, 3.63) is 43.5 Å². The highest BCUT2D eigenvalue weighted by Crippen LogP contribution is 2.41. The smallest absolute Gasteiger partial charge is 0.378 e. The van der Waals surface area contributed by atoms with Crippen molar-refractivity contribution in [2.75, 3.05) is 5.73 Å². The van der Waals surface area contributed by atoms with E-state index in [2.05, 4.69) is 5.10 Å². The van der Waals surface area contributed by atoms with Gasteiger partial charge in [-0.05, 0) is 12.1 Å². The van der Waals surface area contributed by atoms with Gasteiger partial charge in [-0.1, -0.05) is 44.0 Å². The van der Waals surface area contributed by atoms with Gasteiger partial charge in [-0.15, -0.1) is 0 Å². The van der Waals surface area contributed by atoms with Crippen LogP contribution in [0.2, 0.25) is 10.0 Å². The highest BCUT2D eigenvalue weighted by molar-refractivity contribution is 6.38. The van der Waals surface area contributed by atoms with Gasteiger partial charge in [0.15, 0.2) is 0 Å². The number of hydrogen-bond acceptors (Lipinski definition) is 4. The van der Waals surface area contributed by atoms with Gasteiger partial charge in [-0.25, -0.2) is 4.68 Å². The molecule has 0 fully saturated rings. The summed E-state index contributed by atoms with van der Waals surface area (Å²) in [5.74, 6) is -0.376. The Bertz CT molecular complexity index is 834. The summed E-state index contributed by atoms with van der Waals surface area (Å²) < 4.78 is 39.4. The van der Waals surface area contributed by atoms with Gasteiger partial charge in [0.05, 0.1) is 20.5 Å². The molecule has 2 N–H and O–H groups in total. The van der Waals surface area contributed by atoms with Gasteiger partial charge in [0.1, 0.15) is 11.4 Å². The minimum absolute atomic E-state index is 0.0574. The highest BCUT2D eigenvalue weighted by Gasteiger charge is 2.36. The number of anilines is 1. The second-order valence-corrected chi connectivity index (χ2v) is 7.10. The lowest BCUT2D eigenvalue weighted by atomic mass is 9.91. The van der Waals surface area contributed by atoms with E-state index in [1.165, 1.54) is 0 Å². The van der Waals surface area contributed by atoms with Crippen molar-refractivity contribution in [1.82, 2.24) is 9.78 Å². The first-order valence-corrected chi connectivity index (χ1v) is 7.60. The van der Waals surface area contributed by atoms with Crippen LogP contribution in [-0.2, 0) is 11.6 Å². The molecule has 0 unspecified atom stereocenters. The van der Waals surface area contributed by atoms with E-state index in [1.54, 1.807) is 20.8 Å². The average Bonchev–Trinajstić information content (AvgIpc) is 2.75. The normalized spacial score (nSPS) is 12.5. The fourth-order valence-corrected chi connectivity index (χ4v) is 2.86. The van der Waals surface area contributed by atoms with Crippen LogP contribution in [0.25, 0.3) is 5.69 Å². The number of rotatable bonds is 2. The number of halogens is 5. The Morgan fingerprint density at radius 3 is 2.00 bits per heavy atom. The maximum Gasteiger partial charge on any atom is 0.416 e. The fraction of sp³-hybridized carbons (Fsp3) is 0.357. The lowest BCUT2D eigenvalue weighted by Crippen LogP contribution is -2.14. The van der Waals surface area contributed by atoms with Gasteiger partial charge in [0.2, 0.25) is 5.82 Å². The first-order chi connectivity index (χ1) is 11.2. The third-order valence-corrected chi connectivity index (χ3v) is 3.92. The topological polar surface area (TPSA) is 87.0 Å².